The first-order chi connectivity index (χ1) is 33.4. The summed E-state index contributed by atoms with van der Waals surface area (Å²) in [6, 6.07) is 45.9. The molecule has 0 spiro atoms. The summed E-state index contributed by atoms with van der Waals surface area (Å²) in [6.45, 7) is 3.64. The molecule has 0 aliphatic rings. The lowest BCUT2D eigenvalue weighted by atomic mass is 10.1. The maximum absolute atomic E-state index is 12.6. The van der Waals surface area contributed by atoms with Crippen LogP contribution in [0.1, 0.15) is 43.0 Å². The fraction of sp³-hybridized carbons (Fsp3) is 0.0769. The Morgan fingerprint density at radius 1 is 0.500 bits per heavy atom. The number of carbonyl (C=O) groups is 2. The molecule has 0 saturated carbocycles. The third-order valence-corrected chi connectivity index (χ3v) is 12.6. The predicted molar refractivity (Wildman–Crippen MR) is 263 cm³/mol. The molecule has 0 bridgehead atoms. The van der Waals surface area contributed by atoms with Crippen molar-refractivity contribution < 1.29 is 44.7 Å². The van der Waals surface area contributed by atoms with Crippen LogP contribution >= 0.6 is 0 Å². The molecule has 9 aromatic rings. The second-order valence-electron chi connectivity index (χ2n) is 15.8. The third-order valence-electron chi connectivity index (χ3n) is 10.9. The van der Waals surface area contributed by atoms with Crippen LogP contribution in [-0.2, 0) is 34.3 Å². The van der Waals surface area contributed by atoms with Gasteiger partial charge in [0.25, 0.3) is 23.1 Å². The van der Waals surface area contributed by atoms with Crippen molar-refractivity contribution in [1.82, 2.24) is 19.7 Å². The van der Waals surface area contributed by atoms with Crippen molar-refractivity contribution in [2.24, 2.45) is 24.3 Å². The maximum atomic E-state index is 12.6. The van der Waals surface area contributed by atoms with E-state index in [1.54, 1.807) is 61.0 Å². The van der Waals surface area contributed by atoms with Gasteiger partial charge in [-0.2, -0.15) is 10.2 Å². The molecule has 5 aromatic carbocycles. The first-order valence-electron chi connectivity index (χ1n) is 21.4. The lowest BCUT2D eigenvalue weighted by molar-refractivity contribution is -0.633. The molecular weight excluding hydrogens is 929 g/mol. The van der Waals surface area contributed by atoms with Gasteiger partial charge in [0, 0.05) is 34.4 Å². The highest BCUT2D eigenvalue weighted by Gasteiger charge is 2.16. The normalized spacial score (nSPS) is 11.5. The fourth-order valence-electron chi connectivity index (χ4n) is 7.02. The lowest BCUT2D eigenvalue weighted by Gasteiger charge is -2.05. The molecule has 70 heavy (non-hydrogen) atoms. The van der Waals surface area contributed by atoms with Gasteiger partial charge in [-0.15, -0.1) is 0 Å². The van der Waals surface area contributed by atoms with Crippen LogP contribution in [0.3, 0.4) is 0 Å². The minimum absolute atomic E-state index is 0.178. The highest BCUT2D eigenvalue weighted by molar-refractivity contribution is 7.86. The van der Waals surface area contributed by atoms with Gasteiger partial charge >= 0.3 is 0 Å². The summed E-state index contributed by atoms with van der Waals surface area (Å²) in [4.78, 5) is 24.9. The first kappa shape index (κ1) is 49.5. The highest BCUT2D eigenvalue weighted by atomic mass is 32.2. The molecule has 4 heterocycles. The van der Waals surface area contributed by atoms with Crippen molar-refractivity contribution in [2.75, 3.05) is 0 Å². The van der Waals surface area contributed by atoms with E-state index in [-0.39, 0.29) is 21.6 Å². The van der Waals surface area contributed by atoms with Gasteiger partial charge in [-0.05, 0) is 110 Å². The minimum Gasteiger partial charge on any atom is -0.744 e. The monoisotopic (exact) mass is 974 g/mol. The van der Waals surface area contributed by atoms with E-state index in [9.17, 15) is 35.5 Å². The second kappa shape index (κ2) is 21.7. The summed E-state index contributed by atoms with van der Waals surface area (Å²) < 4.78 is 70.8. The summed E-state index contributed by atoms with van der Waals surface area (Å²) in [5.74, 6) is -0.767. The topological polar surface area (TPSA) is 214 Å². The van der Waals surface area contributed by atoms with Crippen LogP contribution in [0.4, 0.5) is 0 Å². The van der Waals surface area contributed by atoms with Gasteiger partial charge < -0.3 is 9.11 Å². The Bertz CT molecular complexity index is 3350. The minimum atomic E-state index is -4.27. The van der Waals surface area contributed by atoms with E-state index >= 15 is 0 Å². The fourth-order valence-corrected chi connectivity index (χ4v) is 7.96. The van der Waals surface area contributed by atoms with Crippen molar-refractivity contribution in [3.05, 3.63) is 216 Å². The molecule has 2 amide bonds. The summed E-state index contributed by atoms with van der Waals surface area (Å²) >= 11 is 0. The molecule has 0 unspecified atom stereocenters. The Kier molecular flexibility index (Phi) is 15.3. The number of imidazole rings is 2. The molecule has 0 saturated heterocycles. The zero-order valence-electron chi connectivity index (χ0n) is 38.2. The molecule has 0 fully saturated rings. The Morgan fingerprint density at radius 2 is 0.843 bits per heavy atom. The number of hydrogen-bond donors (Lipinski definition) is 2. The van der Waals surface area contributed by atoms with Gasteiger partial charge in [-0.3, -0.25) is 9.59 Å². The Morgan fingerprint density at radius 3 is 1.16 bits per heavy atom. The van der Waals surface area contributed by atoms with E-state index in [0.29, 0.717) is 11.1 Å². The Hall–Kier alpha value is -8.42. The van der Waals surface area contributed by atoms with Crippen molar-refractivity contribution in [2.45, 2.75) is 23.6 Å². The molecule has 16 nitrogen and oxygen atoms in total. The Labute approximate surface area is 404 Å². The number of nitrogens with zero attached hydrogens (tertiary/aromatic N) is 6. The summed E-state index contributed by atoms with van der Waals surface area (Å²) in [6.07, 6.45) is 11.4. The highest BCUT2D eigenvalue weighted by Crippen LogP contribution is 2.19. The zero-order valence-corrected chi connectivity index (χ0v) is 39.9. The van der Waals surface area contributed by atoms with Crippen LogP contribution < -0.4 is 20.0 Å². The first-order valence-corrected chi connectivity index (χ1v) is 24.2. The summed E-state index contributed by atoms with van der Waals surface area (Å²) in [5, 5.41) is 8.20. The number of carbonyl (C=O) groups excluding carboxylic acids is 2. The molecule has 0 radical (unpaired) electrons. The molecule has 0 atom stereocenters. The van der Waals surface area contributed by atoms with E-state index in [2.05, 4.69) is 63.5 Å². The number of hydrazone groups is 2. The van der Waals surface area contributed by atoms with Gasteiger partial charge in [0.2, 0.25) is 0 Å². The number of aromatic nitrogens is 4. The summed E-state index contributed by atoms with van der Waals surface area (Å²) in [5.41, 5.74) is 15.9. The average Bonchev–Trinajstić information content (AvgIpc) is 3.87. The molecule has 2 N–H and O–H groups in total. The van der Waals surface area contributed by atoms with Gasteiger partial charge in [0.15, 0.2) is 11.4 Å². The molecule has 0 aliphatic heterocycles. The molecule has 4 aromatic heterocycles. The SMILES string of the molecule is C[n+]1c(-c2ccc(C=NNC(=O)c3ccc(C(=O)NN=Cc4ccc(-c5cn6ccccc6[n+]5C)cc4)cc3)cc2)cn2ccccc21.Cc1ccc(S(=O)(=O)[O-])cc1.Cc1ccc(S(=O)(=O)[O-])cc1. The second-order valence-corrected chi connectivity index (χ2v) is 18.6. The lowest BCUT2D eigenvalue weighted by Crippen LogP contribution is -2.29. The number of aryl methyl sites for hydroxylation is 4. The molecule has 9 rings (SSSR count). The van der Waals surface area contributed by atoms with E-state index in [4.69, 9.17) is 0 Å². The van der Waals surface area contributed by atoms with Gasteiger partial charge in [-0.25, -0.2) is 45.6 Å². The largest absolute Gasteiger partial charge is 0.744 e. The standard InChI is InChI=1S/C38H30N8O2.2C7H8O3S/c1-43-33(25-45-21-5-3-7-35(43)45)29-13-9-27(10-14-29)23-39-41-37(47)31-17-19-32(20-18-31)38(48)42-40-24-28-11-15-30(16-12-28)34-26-46-22-6-4-8-36(46)44(34)2;2*1-6-2-4-7(5-3-6)11(8,9)10/h3-26H,1-2H3;2*2-5H,1H3,(H,8,9,10). The van der Waals surface area contributed by atoms with Crippen LogP contribution in [-0.4, -0.2) is 59.0 Å². The van der Waals surface area contributed by atoms with Crippen molar-refractivity contribution in [1.29, 1.82) is 0 Å². The number of hydrogen-bond acceptors (Lipinski definition) is 10. The maximum Gasteiger partial charge on any atom is 0.286 e. The van der Waals surface area contributed by atoms with Crippen LogP contribution in [0.5, 0.6) is 0 Å². The van der Waals surface area contributed by atoms with Gasteiger partial charge in [-0.1, -0.05) is 71.8 Å². The van der Waals surface area contributed by atoms with Crippen LogP contribution in [0, 0.1) is 13.8 Å². The molecule has 0 aliphatic carbocycles. The number of amides is 2. The Balaban J connectivity index is 0.000000269. The molecule has 18 heteroatoms. The zero-order chi connectivity index (χ0) is 50.0. The quantitative estimate of drug-likeness (QED) is 0.0666. The summed E-state index contributed by atoms with van der Waals surface area (Å²) in [7, 11) is -4.46. The van der Waals surface area contributed by atoms with E-state index in [1.165, 1.54) is 24.3 Å². The number of benzene rings is 5. The number of nitrogens with one attached hydrogen (secondary N) is 2. The van der Waals surface area contributed by atoms with Crippen LogP contribution in [0.25, 0.3) is 33.8 Å². The average molecular weight is 975 g/mol. The van der Waals surface area contributed by atoms with Crippen molar-refractivity contribution in [3.8, 4) is 22.5 Å². The van der Waals surface area contributed by atoms with Gasteiger partial charge in [0.05, 0.1) is 48.7 Å². The smallest absolute Gasteiger partial charge is 0.286 e. The van der Waals surface area contributed by atoms with Gasteiger partial charge in [0.1, 0.15) is 32.6 Å². The van der Waals surface area contributed by atoms with E-state index in [0.717, 1.165) is 56.1 Å². The van der Waals surface area contributed by atoms with Crippen molar-refractivity contribution in [3.63, 3.8) is 0 Å². The number of rotatable bonds is 10. The molecular formula is C52H46N8O8S2. The number of fused-ring (bicyclic) bond motifs is 2. The van der Waals surface area contributed by atoms with Crippen molar-refractivity contribution >= 4 is 55.8 Å². The van der Waals surface area contributed by atoms with Crippen LogP contribution in [0.15, 0.2) is 203 Å². The molecule has 354 valence electrons. The van der Waals surface area contributed by atoms with E-state index in [1.807, 2.05) is 113 Å². The number of pyridine rings is 2. The third kappa shape index (κ3) is 12.6. The van der Waals surface area contributed by atoms with E-state index < -0.39 is 20.2 Å². The van der Waals surface area contributed by atoms with Crippen LogP contribution in [0.2, 0.25) is 0 Å². The predicted octanol–water partition coefficient (Wildman–Crippen LogP) is 6.50.